The summed E-state index contributed by atoms with van der Waals surface area (Å²) in [5, 5.41) is 3.13. The Bertz CT molecular complexity index is 1170. The van der Waals surface area contributed by atoms with Crippen molar-refractivity contribution in [2.45, 2.75) is 38.2 Å². The molecular weight excluding hydrogens is 480 g/mol. The topological polar surface area (TPSA) is 29.1 Å². The van der Waals surface area contributed by atoms with Gasteiger partial charge in [-0.05, 0) is 54.8 Å². The summed E-state index contributed by atoms with van der Waals surface area (Å²) in [5.74, 6) is -0.728. The van der Waals surface area contributed by atoms with Gasteiger partial charge in [-0.3, -0.25) is 4.79 Å². The van der Waals surface area contributed by atoms with Crippen LogP contribution >= 0.6 is 11.6 Å². The summed E-state index contributed by atoms with van der Waals surface area (Å²) >= 11 is 6.28. The fraction of sp³-hybridized carbons (Fsp3) is 0.240. The van der Waals surface area contributed by atoms with Gasteiger partial charge in [0.25, 0.3) is 0 Å². The molecule has 0 radical (unpaired) electrons. The molecular formula is C25H20ClF6NO. The highest BCUT2D eigenvalue weighted by molar-refractivity contribution is 6.33. The van der Waals surface area contributed by atoms with Gasteiger partial charge in [0.1, 0.15) is 0 Å². The molecule has 3 rings (SSSR count). The van der Waals surface area contributed by atoms with Crippen LogP contribution in [-0.4, -0.2) is 5.91 Å². The van der Waals surface area contributed by atoms with E-state index in [2.05, 4.69) is 5.32 Å². The van der Waals surface area contributed by atoms with E-state index in [9.17, 15) is 31.1 Å². The smallest absolute Gasteiger partial charge is 0.351 e. The maximum absolute atomic E-state index is 13.3. The molecule has 0 atom stereocenters. The quantitative estimate of drug-likeness (QED) is 0.359. The molecule has 0 aliphatic rings. The van der Waals surface area contributed by atoms with E-state index in [1.165, 1.54) is 13.8 Å². The van der Waals surface area contributed by atoms with E-state index in [1.807, 2.05) is 0 Å². The van der Waals surface area contributed by atoms with Crippen molar-refractivity contribution < 1.29 is 31.1 Å². The van der Waals surface area contributed by atoms with Crippen molar-refractivity contribution in [3.63, 3.8) is 0 Å². The minimum atomic E-state index is -5.00. The highest BCUT2D eigenvalue weighted by atomic mass is 35.5. The predicted octanol–water partition coefficient (Wildman–Crippen LogP) is 7.64. The van der Waals surface area contributed by atoms with Crippen LogP contribution in [0.3, 0.4) is 0 Å². The van der Waals surface area contributed by atoms with Crippen LogP contribution in [0.25, 0.3) is 11.1 Å². The van der Waals surface area contributed by atoms with E-state index in [1.54, 1.807) is 48.5 Å². The summed E-state index contributed by atoms with van der Waals surface area (Å²) in [4.78, 5) is 13.0. The Labute approximate surface area is 197 Å². The Balaban J connectivity index is 1.92. The highest BCUT2D eigenvalue weighted by Gasteiger charge is 2.40. The fourth-order valence-corrected chi connectivity index (χ4v) is 3.70. The first-order chi connectivity index (χ1) is 15.7. The first kappa shape index (κ1) is 25.6. The summed E-state index contributed by atoms with van der Waals surface area (Å²) in [5.41, 5.74) is -2.87. The third-order valence-corrected chi connectivity index (χ3v) is 5.83. The second-order valence-electron chi connectivity index (χ2n) is 8.24. The van der Waals surface area contributed by atoms with Crippen LogP contribution in [0.4, 0.5) is 26.3 Å². The van der Waals surface area contributed by atoms with E-state index in [0.717, 1.165) is 11.1 Å². The monoisotopic (exact) mass is 499 g/mol. The second kappa shape index (κ2) is 9.33. The maximum atomic E-state index is 13.3. The highest BCUT2D eigenvalue weighted by Crippen LogP contribution is 2.39. The molecule has 2 nitrogen and oxygen atoms in total. The number of hydrogen-bond donors (Lipinski definition) is 1. The molecule has 0 aliphatic carbocycles. The van der Waals surface area contributed by atoms with Crippen molar-refractivity contribution in [2.75, 3.05) is 0 Å². The molecule has 0 saturated carbocycles. The van der Waals surface area contributed by atoms with Gasteiger partial charge < -0.3 is 5.32 Å². The molecule has 3 aromatic carbocycles. The molecule has 0 saturated heterocycles. The van der Waals surface area contributed by atoms with Crippen molar-refractivity contribution in [3.05, 3.63) is 94.0 Å². The number of nitrogens with one attached hydrogen (secondary N) is 1. The molecule has 9 heteroatoms. The molecule has 1 N–H and O–H groups in total. The van der Waals surface area contributed by atoms with Crippen LogP contribution in [0.1, 0.15) is 36.1 Å². The number of hydrogen-bond acceptors (Lipinski definition) is 1. The van der Waals surface area contributed by atoms with Gasteiger partial charge in [-0.1, -0.05) is 54.1 Å². The zero-order valence-corrected chi connectivity index (χ0v) is 18.9. The van der Waals surface area contributed by atoms with Crippen LogP contribution < -0.4 is 5.32 Å². The van der Waals surface area contributed by atoms with E-state index in [0.29, 0.717) is 22.7 Å². The lowest BCUT2D eigenvalue weighted by Gasteiger charge is -2.26. The van der Waals surface area contributed by atoms with E-state index in [-0.39, 0.29) is 12.6 Å². The van der Waals surface area contributed by atoms with E-state index >= 15 is 0 Å². The summed E-state index contributed by atoms with van der Waals surface area (Å²) in [6.45, 7) is 2.55. The number of carbonyl (C=O) groups is 1. The van der Waals surface area contributed by atoms with Crippen LogP contribution in [0.2, 0.25) is 5.02 Å². The normalized spacial score (nSPS) is 12.5. The van der Waals surface area contributed by atoms with Crippen molar-refractivity contribution in [1.82, 2.24) is 5.32 Å². The summed E-state index contributed by atoms with van der Waals surface area (Å²) < 4.78 is 79.5. The molecule has 1 amide bonds. The van der Waals surface area contributed by atoms with Crippen LogP contribution in [-0.2, 0) is 29.1 Å². The molecule has 0 fully saturated rings. The molecule has 0 bridgehead atoms. The van der Waals surface area contributed by atoms with Crippen LogP contribution in [0.15, 0.2) is 66.7 Å². The minimum absolute atomic E-state index is 0.00521. The molecule has 0 aromatic heterocycles. The number of amides is 1. The number of carbonyl (C=O) groups excluding carboxylic acids is 1. The molecule has 0 heterocycles. The van der Waals surface area contributed by atoms with E-state index in [4.69, 9.17) is 11.6 Å². The lowest BCUT2D eigenvalue weighted by atomic mass is 9.81. The number of alkyl halides is 6. The zero-order chi connectivity index (χ0) is 25.3. The van der Waals surface area contributed by atoms with Crippen molar-refractivity contribution in [1.29, 1.82) is 0 Å². The lowest BCUT2D eigenvalue weighted by molar-refractivity contribution is -0.143. The maximum Gasteiger partial charge on any atom is 0.416 e. The SMILES string of the molecule is CC(C)(C(=O)NCc1ccccc1-c1ccccc1Cl)c1cc(C(F)(F)F)cc(C(F)(F)F)c1. The van der Waals surface area contributed by atoms with Gasteiger partial charge in [0.05, 0.1) is 16.5 Å². The van der Waals surface area contributed by atoms with Crippen LogP contribution in [0.5, 0.6) is 0 Å². The van der Waals surface area contributed by atoms with Crippen molar-refractivity contribution in [2.24, 2.45) is 0 Å². The van der Waals surface area contributed by atoms with Gasteiger partial charge >= 0.3 is 12.4 Å². The molecule has 0 unspecified atom stereocenters. The van der Waals surface area contributed by atoms with Crippen molar-refractivity contribution >= 4 is 17.5 Å². The van der Waals surface area contributed by atoms with E-state index < -0.39 is 40.4 Å². The van der Waals surface area contributed by atoms with Crippen molar-refractivity contribution in [3.8, 4) is 11.1 Å². The predicted molar refractivity (Wildman–Crippen MR) is 118 cm³/mol. The fourth-order valence-electron chi connectivity index (χ4n) is 3.46. The minimum Gasteiger partial charge on any atom is -0.351 e. The molecule has 3 aromatic rings. The van der Waals surface area contributed by atoms with Gasteiger partial charge in [-0.2, -0.15) is 26.3 Å². The zero-order valence-electron chi connectivity index (χ0n) is 18.1. The Morgan fingerprint density at radius 1 is 0.765 bits per heavy atom. The number of halogens is 7. The van der Waals surface area contributed by atoms with Gasteiger partial charge in [-0.15, -0.1) is 0 Å². The standard InChI is InChI=1S/C25H20ClF6NO/c1-23(2,16-11-17(24(27,28)29)13-18(12-16)25(30,31)32)22(34)33-14-15-7-3-4-8-19(15)20-9-5-6-10-21(20)26/h3-13H,14H2,1-2H3,(H,33,34). The van der Waals surface area contributed by atoms with Crippen LogP contribution in [0, 0.1) is 0 Å². The first-order valence-corrected chi connectivity index (χ1v) is 10.5. The van der Waals surface area contributed by atoms with Gasteiger partial charge in [0, 0.05) is 17.1 Å². The average molecular weight is 500 g/mol. The molecule has 0 spiro atoms. The summed E-state index contributed by atoms with van der Waals surface area (Å²) in [6, 6.07) is 15.3. The van der Waals surface area contributed by atoms with Gasteiger partial charge in [0.15, 0.2) is 0 Å². The average Bonchev–Trinajstić information content (AvgIpc) is 2.76. The summed E-state index contributed by atoms with van der Waals surface area (Å²) in [6.07, 6.45) is -10.0. The lowest BCUT2D eigenvalue weighted by Crippen LogP contribution is -2.40. The second-order valence-corrected chi connectivity index (χ2v) is 8.65. The van der Waals surface area contributed by atoms with Gasteiger partial charge in [0.2, 0.25) is 5.91 Å². The number of benzene rings is 3. The largest absolute Gasteiger partial charge is 0.416 e. The van der Waals surface area contributed by atoms with Gasteiger partial charge in [-0.25, -0.2) is 0 Å². The third kappa shape index (κ3) is 5.55. The first-order valence-electron chi connectivity index (χ1n) is 10.1. The molecule has 0 aliphatic heterocycles. The Morgan fingerprint density at radius 2 is 1.24 bits per heavy atom. The third-order valence-electron chi connectivity index (χ3n) is 5.50. The number of rotatable bonds is 5. The molecule has 180 valence electrons. The Kier molecular flexibility index (Phi) is 7.03. The summed E-state index contributed by atoms with van der Waals surface area (Å²) in [7, 11) is 0. The Hall–Kier alpha value is -3.00. The Morgan fingerprint density at radius 3 is 1.76 bits per heavy atom. The molecule has 34 heavy (non-hydrogen) atoms.